The van der Waals surface area contributed by atoms with Crippen LogP contribution in [0.2, 0.25) is 0 Å². The van der Waals surface area contributed by atoms with Crippen LogP contribution in [0.4, 0.5) is 0 Å². The number of hydrogen-bond donors (Lipinski definition) is 2. The molecule has 1 amide bonds. The first kappa shape index (κ1) is 13.5. The highest BCUT2D eigenvalue weighted by atomic mass is 16.5. The minimum absolute atomic E-state index is 0.0962. The lowest BCUT2D eigenvalue weighted by Crippen LogP contribution is -2.51. The molecule has 2 fully saturated rings. The Hall–Kier alpha value is -1.44. The number of aliphatic hydroxyl groups excluding tert-OH is 1. The quantitative estimate of drug-likeness (QED) is 0.786. The van der Waals surface area contributed by atoms with Crippen molar-refractivity contribution < 1.29 is 19.1 Å². The lowest BCUT2D eigenvalue weighted by Gasteiger charge is -2.34. The molecule has 0 unspecified atom stereocenters. The molecule has 2 heterocycles. The highest BCUT2D eigenvalue weighted by molar-refractivity contribution is 5.91. The number of carbonyl (C=O) groups excluding carboxylic acids is 1. The molecule has 1 aliphatic carbocycles. The van der Waals surface area contributed by atoms with Crippen molar-refractivity contribution in [3.8, 4) is 0 Å². The summed E-state index contributed by atoms with van der Waals surface area (Å²) in [5.74, 6) is -0.152. The number of amides is 1. The molecule has 7 nitrogen and oxygen atoms in total. The summed E-state index contributed by atoms with van der Waals surface area (Å²) >= 11 is 0. The Morgan fingerprint density at radius 2 is 2.20 bits per heavy atom. The van der Waals surface area contributed by atoms with Gasteiger partial charge in [0.15, 0.2) is 6.39 Å². The number of aliphatic hydroxyl groups is 1. The van der Waals surface area contributed by atoms with Crippen LogP contribution in [0.25, 0.3) is 0 Å². The summed E-state index contributed by atoms with van der Waals surface area (Å²) in [6.07, 6.45) is 3.68. The van der Waals surface area contributed by atoms with E-state index in [0.29, 0.717) is 13.2 Å². The molecule has 1 aromatic rings. The average molecular weight is 281 g/mol. The topological polar surface area (TPSA) is 87.8 Å². The number of hydrogen-bond acceptors (Lipinski definition) is 6. The van der Waals surface area contributed by atoms with Gasteiger partial charge in [0.05, 0.1) is 31.6 Å². The Bertz CT molecular complexity index is 444. The molecule has 0 aromatic carbocycles. The summed E-state index contributed by atoms with van der Waals surface area (Å²) in [6, 6.07) is -0.139. The number of nitrogens with one attached hydrogen (secondary N) is 1. The molecule has 2 N–H and O–H groups in total. The maximum atomic E-state index is 11.9. The molecule has 0 radical (unpaired) electrons. The fourth-order valence-electron chi connectivity index (χ4n) is 2.99. The zero-order valence-electron chi connectivity index (χ0n) is 11.2. The molecule has 2 aliphatic rings. The van der Waals surface area contributed by atoms with Gasteiger partial charge in [0.2, 0.25) is 5.76 Å². The fraction of sp³-hybridized carbons (Fsp3) is 0.692. The number of carbonyl (C=O) groups is 1. The van der Waals surface area contributed by atoms with E-state index in [1.54, 1.807) is 0 Å². The SMILES string of the molecule is O=C(N[C@@H]1CC[C@@H](N2CCOCC2)[C@@H]1O)c1cnco1. The minimum atomic E-state index is -0.556. The standard InChI is InChI=1S/C13H19N3O4/c17-12-9(15-13(18)11-7-14-8-20-11)1-2-10(12)16-3-5-19-6-4-16/h7-10,12,17H,1-6H2,(H,15,18)/t9-,10-,12-/m1/s1. The Labute approximate surface area is 116 Å². The van der Waals surface area contributed by atoms with Crippen molar-refractivity contribution >= 4 is 5.91 Å². The van der Waals surface area contributed by atoms with E-state index < -0.39 is 6.10 Å². The molecule has 7 heteroatoms. The molecule has 1 saturated carbocycles. The van der Waals surface area contributed by atoms with Crippen LogP contribution < -0.4 is 5.32 Å². The zero-order chi connectivity index (χ0) is 13.9. The van der Waals surface area contributed by atoms with Gasteiger partial charge < -0.3 is 19.6 Å². The van der Waals surface area contributed by atoms with Gasteiger partial charge in [-0.15, -0.1) is 0 Å². The van der Waals surface area contributed by atoms with E-state index in [9.17, 15) is 9.90 Å². The molecule has 20 heavy (non-hydrogen) atoms. The molecule has 3 rings (SSSR count). The summed E-state index contributed by atoms with van der Waals surface area (Å²) in [6.45, 7) is 3.09. The lowest BCUT2D eigenvalue weighted by atomic mass is 10.1. The molecule has 1 saturated heterocycles. The van der Waals surface area contributed by atoms with Crippen LogP contribution in [0.15, 0.2) is 17.0 Å². The molecular weight excluding hydrogens is 262 g/mol. The molecule has 1 aliphatic heterocycles. The predicted octanol–water partition coefficient (Wildman–Crippen LogP) is -0.371. The smallest absolute Gasteiger partial charge is 0.289 e. The maximum absolute atomic E-state index is 11.9. The van der Waals surface area contributed by atoms with Crippen LogP contribution in [0.3, 0.4) is 0 Å². The Balaban J connectivity index is 1.58. The summed E-state index contributed by atoms with van der Waals surface area (Å²) in [4.78, 5) is 17.9. The van der Waals surface area contributed by atoms with Crippen LogP contribution in [0.5, 0.6) is 0 Å². The third-order valence-corrected chi connectivity index (χ3v) is 4.07. The van der Waals surface area contributed by atoms with E-state index in [4.69, 9.17) is 9.15 Å². The summed E-state index contributed by atoms with van der Waals surface area (Å²) in [5, 5.41) is 13.2. The van der Waals surface area contributed by atoms with Gasteiger partial charge in [0.25, 0.3) is 5.91 Å². The number of morpholine rings is 1. The van der Waals surface area contributed by atoms with E-state index in [-0.39, 0.29) is 23.8 Å². The molecule has 0 bridgehead atoms. The van der Waals surface area contributed by atoms with Gasteiger partial charge in [-0.1, -0.05) is 0 Å². The van der Waals surface area contributed by atoms with Gasteiger partial charge >= 0.3 is 0 Å². The number of rotatable bonds is 3. The number of nitrogens with zero attached hydrogens (tertiary/aromatic N) is 2. The predicted molar refractivity (Wildman–Crippen MR) is 69.2 cm³/mol. The fourth-order valence-corrected chi connectivity index (χ4v) is 2.99. The first-order chi connectivity index (χ1) is 9.75. The van der Waals surface area contributed by atoms with Gasteiger partial charge in [-0.2, -0.15) is 0 Å². The third kappa shape index (κ3) is 2.70. The number of oxazole rings is 1. The van der Waals surface area contributed by atoms with Crippen LogP contribution in [0, 0.1) is 0 Å². The summed E-state index contributed by atoms with van der Waals surface area (Å²) < 4.78 is 10.3. The lowest BCUT2D eigenvalue weighted by molar-refractivity contribution is -0.0155. The van der Waals surface area contributed by atoms with Gasteiger partial charge in [0, 0.05) is 19.1 Å². The summed E-state index contributed by atoms with van der Waals surface area (Å²) in [7, 11) is 0. The Morgan fingerprint density at radius 1 is 1.40 bits per heavy atom. The molecule has 3 atom stereocenters. The summed E-state index contributed by atoms with van der Waals surface area (Å²) in [5.41, 5.74) is 0. The van der Waals surface area contributed by atoms with Crippen molar-refractivity contribution in [2.24, 2.45) is 0 Å². The van der Waals surface area contributed by atoms with E-state index in [1.807, 2.05) is 0 Å². The van der Waals surface area contributed by atoms with E-state index >= 15 is 0 Å². The van der Waals surface area contributed by atoms with Gasteiger partial charge in [-0.3, -0.25) is 9.69 Å². The Kier molecular flexibility index (Phi) is 4.00. The van der Waals surface area contributed by atoms with Crippen LogP contribution >= 0.6 is 0 Å². The first-order valence-corrected chi connectivity index (χ1v) is 6.95. The molecular formula is C13H19N3O4. The molecule has 110 valence electrons. The van der Waals surface area contributed by atoms with E-state index in [0.717, 1.165) is 25.9 Å². The van der Waals surface area contributed by atoms with E-state index in [2.05, 4.69) is 15.2 Å². The van der Waals surface area contributed by atoms with Gasteiger partial charge in [0.1, 0.15) is 0 Å². The second-order valence-electron chi connectivity index (χ2n) is 5.23. The minimum Gasteiger partial charge on any atom is -0.438 e. The van der Waals surface area contributed by atoms with Crippen molar-refractivity contribution in [1.29, 1.82) is 0 Å². The first-order valence-electron chi connectivity index (χ1n) is 6.95. The van der Waals surface area contributed by atoms with Crippen LogP contribution in [0.1, 0.15) is 23.4 Å². The largest absolute Gasteiger partial charge is 0.438 e. The maximum Gasteiger partial charge on any atom is 0.289 e. The zero-order valence-corrected chi connectivity index (χ0v) is 11.2. The van der Waals surface area contributed by atoms with Crippen molar-refractivity contribution in [2.45, 2.75) is 31.0 Å². The van der Waals surface area contributed by atoms with Crippen LogP contribution in [-0.2, 0) is 4.74 Å². The molecule has 1 aromatic heterocycles. The van der Waals surface area contributed by atoms with Crippen molar-refractivity contribution in [3.63, 3.8) is 0 Å². The van der Waals surface area contributed by atoms with Gasteiger partial charge in [-0.05, 0) is 12.8 Å². The number of ether oxygens (including phenoxy) is 1. The average Bonchev–Trinajstić information content (AvgIpc) is 3.11. The van der Waals surface area contributed by atoms with E-state index in [1.165, 1.54) is 12.6 Å². The van der Waals surface area contributed by atoms with Crippen molar-refractivity contribution in [2.75, 3.05) is 26.3 Å². The Morgan fingerprint density at radius 3 is 2.90 bits per heavy atom. The van der Waals surface area contributed by atoms with Crippen molar-refractivity contribution in [3.05, 3.63) is 18.4 Å². The van der Waals surface area contributed by atoms with Crippen LogP contribution in [-0.4, -0.2) is 65.4 Å². The number of aromatic nitrogens is 1. The second-order valence-corrected chi connectivity index (χ2v) is 5.23. The highest BCUT2D eigenvalue weighted by Gasteiger charge is 2.39. The normalized spacial score (nSPS) is 31.4. The molecule has 0 spiro atoms. The van der Waals surface area contributed by atoms with Gasteiger partial charge in [-0.25, -0.2) is 4.98 Å². The third-order valence-electron chi connectivity index (χ3n) is 4.07. The highest BCUT2D eigenvalue weighted by Crippen LogP contribution is 2.25. The second kappa shape index (κ2) is 5.90. The van der Waals surface area contributed by atoms with Crippen molar-refractivity contribution in [1.82, 2.24) is 15.2 Å². The monoisotopic (exact) mass is 281 g/mol.